The van der Waals surface area contributed by atoms with Gasteiger partial charge in [0.15, 0.2) is 0 Å². The summed E-state index contributed by atoms with van der Waals surface area (Å²) in [4.78, 5) is 43.3. The van der Waals surface area contributed by atoms with Crippen LogP contribution in [0.3, 0.4) is 0 Å². The summed E-state index contributed by atoms with van der Waals surface area (Å²) in [5, 5.41) is 7.51. The molecule has 140 valence electrons. The van der Waals surface area contributed by atoms with E-state index in [0.717, 1.165) is 25.0 Å². The van der Waals surface area contributed by atoms with Crippen LogP contribution in [0.2, 0.25) is 0 Å². The number of aromatic amines is 1. The molecule has 2 heterocycles. The summed E-state index contributed by atoms with van der Waals surface area (Å²) < 4.78 is 0. The molecule has 1 aliphatic heterocycles. The highest BCUT2D eigenvalue weighted by Crippen LogP contribution is 2.17. The average Bonchev–Trinajstić information content (AvgIpc) is 2.59. The third-order valence-corrected chi connectivity index (χ3v) is 4.38. The number of fused-ring (bicyclic) bond motifs is 1. The predicted octanol–water partition coefficient (Wildman–Crippen LogP) is 0.924. The second kappa shape index (κ2) is 9.10. The molecule has 1 unspecified atom stereocenters. The van der Waals surface area contributed by atoms with E-state index >= 15 is 0 Å². The number of piperidine rings is 1. The van der Waals surface area contributed by atoms with Crippen LogP contribution < -0.4 is 5.56 Å². The first-order valence-corrected chi connectivity index (χ1v) is 8.43. The van der Waals surface area contributed by atoms with Crippen molar-refractivity contribution < 1.29 is 14.7 Å². The third kappa shape index (κ3) is 5.13. The molecule has 2 aromatic rings. The lowest BCUT2D eigenvalue weighted by molar-refractivity contribution is -0.133. The number of H-pyrrole nitrogens is 1. The van der Waals surface area contributed by atoms with Crippen molar-refractivity contribution in [2.24, 2.45) is 5.92 Å². The zero-order chi connectivity index (χ0) is 19.1. The number of benzene rings is 1. The van der Waals surface area contributed by atoms with Crippen LogP contribution in [0.1, 0.15) is 18.7 Å². The number of amides is 1. The predicted molar refractivity (Wildman–Crippen MR) is 97.8 cm³/mol. The van der Waals surface area contributed by atoms with Gasteiger partial charge in [0, 0.05) is 26.6 Å². The molecule has 1 aromatic heterocycles. The van der Waals surface area contributed by atoms with Crippen molar-refractivity contribution >= 4 is 23.3 Å². The molecule has 0 spiro atoms. The van der Waals surface area contributed by atoms with Gasteiger partial charge in [-0.25, -0.2) is 4.98 Å². The normalized spacial score (nSPS) is 17.1. The van der Waals surface area contributed by atoms with E-state index in [1.807, 2.05) is 32.3 Å². The van der Waals surface area contributed by atoms with Crippen molar-refractivity contribution in [2.45, 2.75) is 19.4 Å². The highest BCUT2D eigenvalue weighted by atomic mass is 16.3. The highest BCUT2D eigenvalue weighted by Gasteiger charge is 2.23. The number of carbonyl (C=O) groups excluding carboxylic acids is 1. The van der Waals surface area contributed by atoms with Crippen LogP contribution >= 0.6 is 0 Å². The standard InChI is InChI=1S/C17H22N4O2.CH2O2/c1-20(9-12-7-8-16(22)21(2)10-12)11-15-18-14-6-4-3-5-13(14)17(23)19-15;2-1-3/h3-6,12H,7-11H2,1-2H3,(H,18,19,23);1H,(H,2,3). The molecular formula is C18H24N4O4. The number of nitrogens with zero attached hydrogens (tertiary/aromatic N) is 3. The van der Waals surface area contributed by atoms with Gasteiger partial charge in [-0.15, -0.1) is 0 Å². The summed E-state index contributed by atoms with van der Waals surface area (Å²) in [6.07, 6.45) is 1.55. The van der Waals surface area contributed by atoms with Gasteiger partial charge in [0.1, 0.15) is 5.82 Å². The number of nitrogens with one attached hydrogen (secondary N) is 1. The molecule has 1 aromatic carbocycles. The van der Waals surface area contributed by atoms with E-state index in [0.29, 0.717) is 30.1 Å². The van der Waals surface area contributed by atoms with E-state index in [1.165, 1.54) is 0 Å². The van der Waals surface area contributed by atoms with E-state index in [2.05, 4.69) is 14.9 Å². The largest absolute Gasteiger partial charge is 0.483 e. The van der Waals surface area contributed by atoms with Gasteiger partial charge >= 0.3 is 0 Å². The van der Waals surface area contributed by atoms with Crippen LogP contribution in [0.15, 0.2) is 29.1 Å². The Kier molecular flexibility index (Phi) is 6.85. The maximum Gasteiger partial charge on any atom is 0.290 e. The van der Waals surface area contributed by atoms with Gasteiger partial charge in [-0.2, -0.15) is 0 Å². The second-order valence-electron chi connectivity index (χ2n) is 6.51. The van der Waals surface area contributed by atoms with Gasteiger partial charge in [0.05, 0.1) is 17.4 Å². The fraction of sp³-hybridized carbons (Fsp3) is 0.444. The fourth-order valence-electron chi connectivity index (χ4n) is 3.22. The molecule has 0 aliphatic carbocycles. The number of hydrogen-bond donors (Lipinski definition) is 2. The van der Waals surface area contributed by atoms with Crippen LogP contribution in [-0.4, -0.2) is 64.4 Å². The van der Waals surface area contributed by atoms with Gasteiger partial charge in [0.2, 0.25) is 5.91 Å². The van der Waals surface area contributed by atoms with Crippen LogP contribution in [-0.2, 0) is 16.1 Å². The van der Waals surface area contributed by atoms with E-state index in [1.54, 1.807) is 11.0 Å². The molecule has 0 saturated carbocycles. The van der Waals surface area contributed by atoms with Gasteiger partial charge in [-0.1, -0.05) is 12.1 Å². The molecular weight excluding hydrogens is 336 g/mol. The number of hydrogen-bond acceptors (Lipinski definition) is 5. The van der Waals surface area contributed by atoms with Crippen molar-refractivity contribution in [3.63, 3.8) is 0 Å². The number of aromatic nitrogens is 2. The Bertz CT molecular complexity index is 820. The number of para-hydroxylation sites is 1. The summed E-state index contributed by atoms with van der Waals surface area (Å²) in [7, 11) is 3.88. The van der Waals surface area contributed by atoms with Crippen LogP contribution in [0.4, 0.5) is 0 Å². The number of carboxylic acid groups (broad SMARTS) is 1. The van der Waals surface area contributed by atoms with Crippen molar-refractivity contribution in [1.29, 1.82) is 0 Å². The molecule has 0 radical (unpaired) electrons. The first-order valence-electron chi connectivity index (χ1n) is 8.43. The van der Waals surface area contributed by atoms with Crippen molar-refractivity contribution in [3.05, 3.63) is 40.4 Å². The molecule has 8 nitrogen and oxygen atoms in total. The molecule has 1 saturated heterocycles. The summed E-state index contributed by atoms with van der Waals surface area (Å²) in [5.41, 5.74) is 0.629. The quantitative estimate of drug-likeness (QED) is 0.786. The first-order chi connectivity index (χ1) is 12.4. The lowest BCUT2D eigenvalue weighted by atomic mass is 9.97. The van der Waals surface area contributed by atoms with Gasteiger partial charge in [0.25, 0.3) is 12.0 Å². The van der Waals surface area contributed by atoms with E-state index in [4.69, 9.17) is 9.90 Å². The monoisotopic (exact) mass is 360 g/mol. The zero-order valence-electron chi connectivity index (χ0n) is 15.0. The minimum absolute atomic E-state index is 0.0954. The molecule has 0 bridgehead atoms. The minimum Gasteiger partial charge on any atom is -0.483 e. The Morgan fingerprint density at radius 2 is 2.08 bits per heavy atom. The Labute approximate surface area is 151 Å². The SMILES string of the molecule is CN(Cc1nc2ccccc2c(=O)[nH]1)CC1CCC(=O)N(C)C1.O=CO. The Morgan fingerprint density at radius 1 is 1.38 bits per heavy atom. The minimum atomic E-state index is -0.250. The summed E-state index contributed by atoms with van der Waals surface area (Å²) in [6, 6.07) is 7.36. The highest BCUT2D eigenvalue weighted by molar-refractivity contribution is 5.77. The van der Waals surface area contributed by atoms with E-state index < -0.39 is 0 Å². The van der Waals surface area contributed by atoms with Crippen molar-refractivity contribution in [1.82, 2.24) is 19.8 Å². The van der Waals surface area contributed by atoms with Crippen molar-refractivity contribution in [3.8, 4) is 0 Å². The Morgan fingerprint density at radius 3 is 2.77 bits per heavy atom. The lowest BCUT2D eigenvalue weighted by Gasteiger charge is -2.32. The molecule has 26 heavy (non-hydrogen) atoms. The number of carbonyl (C=O) groups is 2. The molecule has 2 N–H and O–H groups in total. The first kappa shape index (κ1) is 19.6. The van der Waals surface area contributed by atoms with Gasteiger partial charge in [-0.3, -0.25) is 19.3 Å². The number of likely N-dealkylation sites (tertiary alicyclic amines) is 1. The summed E-state index contributed by atoms with van der Waals surface area (Å²) in [6.45, 7) is 2.02. The number of rotatable bonds is 4. The van der Waals surface area contributed by atoms with Crippen LogP contribution in [0.25, 0.3) is 10.9 Å². The van der Waals surface area contributed by atoms with Crippen molar-refractivity contribution in [2.75, 3.05) is 27.2 Å². The zero-order valence-corrected chi connectivity index (χ0v) is 15.0. The summed E-state index contributed by atoms with van der Waals surface area (Å²) >= 11 is 0. The smallest absolute Gasteiger partial charge is 0.290 e. The van der Waals surface area contributed by atoms with E-state index in [9.17, 15) is 9.59 Å². The summed E-state index contributed by atoms with van der Waals surface area (Å²) in [5.74, 6) is 1.37. The molecule has 1 fully saturated rings. The average molecular weight is 360 g/mol. The van der Waals surface area contributed by atoms with Gasteiger partial charge < -0.3 is 15.0 Å². The maximum absolute atomic E-state index is 12.1. The molecule has 1 aliphatic rings. The topological polar surface area (TPSA) is 107 Å². The second-order valence-corrected chi connectivity index (χ2v) is 6.51. The maximum atomic E-state index is 12.1. The molecule has 1 atom stereocenters. The lowest BCUT2D eigenvalue weighted by Crippen LogP contribution is -2.41. The third-order valence-electron chi connectivity index (χ3n) is 4.38. The molecule has 1 amide bonds. The molecule has 8 heteroatoms. The van der Waals surface area contributed by atoms with Gasteiger partial charge in [-0.05, 0) is 31.5 Å². The van der Waals surface area contributed by atoms with Crippen LogP contribution in [0, 0.1) is 5.92 Å². The fourth-order valence-corrected chi connectivity index (χ4v) is 3.22. The van der Waals surface area contributed by atoms with Crippen LogP contribution in [0.5, 0.6) is 0 Å². The Hall–Kier alpha value is -2.74. The molecule has 3 rings (SSSR count). The Balaban J connectivity index is 0.000000758. The van der Waals surface area contributed by atoms with E-state index in [-0.39, 0.29) is 17.9 Å².